The molecule has 0 atom stereocenters. The molecule has 0 fully saturated rings. The molecule has 1 aromatic carbocycles. The van der Waals surface area contributed by atoms with Gasteiger partial charge in [-0.15, -0.1) is 5.10 Å². The van der Waals surface area contributed by atoms with Crippen molar-refractivity contribution in [3.8, 4) is 0 Å². The van der Waals surface area contributed by atoms with Crippen LogP contribution in [0, 0.1) is 0 Å². The maximum absolute atomic E-state index is 5.42. The molecule has 0 bridgehead atoms. The second kappa shape index (κ2) is 5.50. The summed E-state index contributed by atoms with van der Waals surface area (Å²) < 4.78 is 5.42. The molecule has 6 nitrogen and oxygen atoms in total. The van der Waals surface area contributed by atoms with Crippen molar-refractivity contribution in [2.45, 2.75) is 6.54 Å². The molecule has 0 unspecified atom stereocenters. The van der Waals surface area contributed by atoms with Gasteiger partial charge in [-0.05, 0) is 25.2 Å². The van der Waals surface area contributed by atoms with Gasteiger partial charge < -0.3 is 20.0 Å². The van der Waals surface area contributed by atoms with Crippen molar-refractivity contribution in [3.63, 3.8) is 0 Å². The number of nitrogens with zero attached hydrogens (tertiary/aromatic N) is 3. The van der Waals surface area contributed by atoms with Gasteiger partial charge in [0.25, 0.3) is 0 Å². The first kappa shape index (κ1) is 12.4. The minimum Gasteiger partial charge on any atom is -0.406 e. The van der Waals surface area contributed by atoms with Gasteiger partial charge in [-0.25, -0.2) is 0 Å². The Morgan fingerprint density at radius 3 is 2.83 bits per heavy atom. The second-order valence-electron chi connectivity index (χ2n) is 4.10. The highest BCUT2D eigenvalue weighted by molar-refractivity contribution is 5.60. The fourth-order valence-electron chi connectivity index (χ4n) is 1.51. The van der Waals surface area contributed by atoms with E-state index in [-0.39, 0.29) is 0 Å². The number of hydrogen-bond acceptors (Lipinski definition) is 6. The Labute approximate surface area is 106 Å². The molecule has 0 spiro atoms. The third-order valence-corrected chi connectivity index (χ3v) is 2.41. The van der Waals surface area contributed by atoms with E-state index in [4.69, 9.17) is 4.42 Å². The lowest BCUT2D eigenvalue weighted by Crippen LogP contribution is -2.08. The molecule has 0 aliphatic heterocycles. The molecule has 6 heteroatoms. The van der Waals surface area contributed by atoms with Crippen LogP contribution in [0.15, 0.2) is 28.7 Å². The zero-order valence-electron chi connectivity index (χ0n) is 10.8. The molecule has 0 amide bonds. The Bertz CT molecular complexity index is 509. The van der Waals surface area contributed by atoms with Crippen LogP contribution in [0.1, 0.15) is 5.89 Å². The molecule has 96 valence electrons. The van der Waals surface area contributed by atoms with Gasteiger partial charge in [-0.3, -0.25) is 0 Å². The van der Waals surface area contributed by atoms with Crippen LogP contribution in [-0.4, -0.2) is 31.3 Å². The predicted molar refractivity (Wildman–Crippen MR) is 71.1 cm³/mol. The van der Waals surface area contributed by atoms with Crippen molar-refractivity contribution < 1.29 is 4.42 Å². The molecule has 0 saturated carbocycles. The number of rotatable bonds is 5. The Kier molecular flexibility index (Phi) is 3.78. The highest BCUT2D eigenvalue weighted by Crippen LogP contribution is 2.20. The molecule has 18 heavy (non-hydrogen) atoms. The molecule has 2 N–H and O–H groups in total. The Hall–Kier alpha value is -2.08. The molecular weight excluding hydrogens is 230 g/mol. The summed E-state index contributed by atoms with van der Waals surface area (Å²) >= 11 is 0. The van der Waals surface area contributed by atoms with Gasteiger partial charge in [0.15, 0.2) is 0 Å². The van der Waals surface area contributed by atoms with Crippen molar-refractivity contribution in [2.24, 2.45) is 0 Å². The van der Waals surface area contributed by atoms with Crippen LogP contribution >= 0.6 is 0 Å². The zero-order valence-corrected chi connectivity index (χ0v) is 10.8. The Morgan fingerprint density at radius 1 is 1.28 bits per heavy atom. The normalized spacial score (nSPS) is 10.4. The molecule has 1 heterocycles. The molecular formula is C12H17N5O. The van der Waals surface area contributed by atoms with Crippen LogP contribution in [0.3, 0.4) is 0 Å². The number of nitrogens with one attached hydrogen (secondary N) is 2. The molecule has 1 aromatic heterocycles. The van der Waals surface area contributed by atoms with E-state index in [1.54, 1.807) is 0 Å². The first-order chi connectivity index (χ1) is 8.69. The van der Waals surface area contributed by atoms with Crippen LogP contribution in [-0.2, 0) is 6.54 Å². The molecule has 0 saturated heterocycles. The molecule has 2 rings (SSSR count). The van der Waals surface area contributed by atoms with Gasteiger partial charge in [0.05, 0.1) is 6.54 Å². The van der Waals surface area contributed by atoms with Crippen molar-refractivity contribution in [3.05, 3.63) is 30.2 Å². The summed E-state index contributed by atoms with van der Waals surface area (Å²) in [5, 5.41) is 13.9. The van der Waals surface area contributed by atoms with Crippen molar-refractivity contribution >= 4 is 17.4 Å². The van der Waals surface area contributed by atoms with Crippen LogP contribution in [0.4, 0.5) is 17.4 Å². The van der Waals surface area contributed by atoms with Crippen molar-refractivity contribution in [2.75, 3.05) is 31.4 Å². The van der Waals surface area contributed by atoms with Gasteiger partial charge >= 0.3 is 6.01 Å². The highest BCUT2D eigenvalue weighted by atomic mass is 16.4. The number of aromatic nitrogens is 2. The number of hydrogen-bond donors (Lipinski definition) is 2. The van der Waals surface area contributed by atoms with Crippen LogP contribution in [0.2, 0.25) is 0 Å². The largest absolute Gasteiger partial charge is 0.406 e. The molecule has 0 aliphatic carbocycles. The van der Waals surface area contributed by atoms with Crippen LogP contribution in [0.5, 0.6) is 0 Å². The standard InChI is InChI=1S/C12H17N5O/c1-13-8-11-15-16-12(18-11)14-9-5-4-6-10(7-9)17(2)3/h4-7,13H,8H2,1-3H3,(H,14,16). The Morgan fingerprint density at radius 2 is 2.11 bits per heavy atom. The maximum atomic E-state index is 5.42. The van der Waals surface area contributed by atoms with Crippen molar-refractivity contribution in [1.29, 1.82) is 0 Å². The summed E-state index contributed by atoms with van der Waals surface area (Å²) in [6.07, 6.45) is 0. The second-order valence-corrected chi connectivity index (χ2v) is 4.10. The average Bonchev–Trinajstić information content (AvgIpc) is 2.77. The van der Waals surface area contributed by atoms with E-state index in [0.717, 1.165) is 11.4 Å². The fraction of sp³-hybridized carbons (Fsp3) is 0.333. The lowest BCUT2D eigenvalue weighted by Gasteiger charge is -2.13. The van der Waals surface area contributed by atoms with E-state index in [0.29, 0.717) is 18.5 Å². The minimum atomic E-state index is 0.399. The van der Waals surface area contributed by atoms with Gasteiger partial charge in [-0.1, -0.05) is 11.2 Å². The fourth-order valence-corrected chi connectivity index (χ4v) is 1.51. The Balaban J connectivity index is 2.10. The topological polar surface area (TPSA) is 66.2 Å². The van der Waals surface area contributed by atoms with E-state index < -0.39 is 0 Å². The minimum absolute atomic E-state index is 0.399. The van der Waals surface area contributed by atoms with E-state index in [2.05, 4.69) is 20.8 Å². The lowest BCUT2D eigenvalue weighted by molar-refractivity contribution is 0.493. The van der Waals surface area contributed by atoms with Gasteiger partial charge in [0.2, 0.25) is 5.89 Å². The number of benzene rings is 1. The first-order valence-corrected chi connectivity index (χ1v) is 5.70. The van der Waals surface area contributed by atoms with Gasteiger partial charge in [0, 0.05) is 25.5 Å². The summed E-state index contributed by atoms with van der Waals surface area (Å²) in [6.45, 7) is 0.562. The smallest absolute Gasteiger partial charge is 0.320 e. The lowest BCUT2D eigenvalue weighted by atomic mass is 10.2. The number of anilines is 3. The van der Waals surface area contributed by atoms with Crippen LogP contribution < -0.4 is 15.5 Å². The predicted octanol–water partition coefficient (Wildman–Crippen LogP) is 1.60. The van der Waals surface area contributed by atoms with Crippen LogP contribution in [0.25, 0.3) is 0 Å². The monoisotopic (exact) mass is 247 g/mol. The summed E-state index contributed by atoms with van der Waals surface area (Å²) in [5.74, 6) is 0.559. The molecule has 2 aromatic rings. The maximum Gasteiger partial charge on any atom is 0.320 e. The highest BCUT2D eigenvalue weighted by Gasteiger charge is 2.05. The third kappa shape index (κ3) is 2.98. The average molecular weight is 247 g/mol. The summed E-state index contributed by atoms with van der Waals surface area (Å²) in [5.41, 5.74) is 2.02. The van der Waals surface area contributed by atoms with Gasteiger partial charge in [-0.2, -0.15) is 0 Å². The molecule has 0 radical (unpaired) electrons. The van der Waals surface area contributed by atoms with Crippen molar-refractivity contribution in [1.82, 2.24) is 15.5 Å². The third-order valence-electron chi connectivity index (χ3n) is 2.41. The van der Waals surface area contributed by atoms with E-state index in [1.807, 2.05) is 50.3 Å². The van der Waals surface area contributed by atoms with E-state index >= 15 is 0 Å². The quantitative estimate of drug-likeness (QED) is 0.836. The molecule has 0 aliphatic rings. The van der Waals surface area contributed by atoms with Gasteiger partial charge in [0.1, 0.15) is 0 Å². The van der Waals surface area contributed by atoms with E-state index in [1.165, 1.54) is 0 Å². The summed E-state index contributed by atoms with van der Waals surface area (Å²) in [7, 11) is 5.82. The SMILES string of the molecule is CNCc1nnc(Nc2cccc(N(C)C)c2)o1. The zero-order chi connectivity index (χ0) is 13.0. The first-order valence-electron chi connectivity index (χ1n) is 5.70. The summed E-state index contributed by atoms with van der Waals surface area (Å²) in [4.78, 5) is 2.03. The summed E-state index contributed by atoms with van der Waals surface area (Å²) in [6, 6.07) is 8.38. The van der Waals surface area contributed by atoms with E-state index in [9.17, 15) is 0 Å².